The largest absolute Gasteiger partial charge is 0.508 e. The Hall–Kier alpha value is -1.29. The van der Waals surface area contributed by atoms with Crippen LogP contribution in [0.3, 0.4) is 0 Å². The molecule has 0 aliphatic carbocycles. The predicted octanol–water partition coefficient (Wildman–Crippen LogP) is 2.11. The Bertz CT molecular complexity index is 335. The van der Waals surface area contributed by atoms with E-state index in [0.717, 1.165) is 5.69 Å². The second kappa shape index (κ2) is 4.98. The van der Waals surface area contributed by atoms with Gasteiger partial charge in [0.2, 0.25) is 0 Å². The summed E-state index contributed by atoms with van der Waals surface area (Å²) in [6, 6.07) is 7.25. The lowest BCUT2D eigenvalue weighted by Gasteiger charge is -2.22. The molecule has 0 saturated heterocycles. The van der Waals surface area contributed by atoms with Gasteiger partial charge in [0.25, 0.3) is 0 Å². The van der Waals surface area contributed by atoms with Crippen LogP contribution in [-0.2, 0) is 0 Å². The Kier molecular flexibility index (Phi) is 3.91. The molecular formula is C11H16N2OS. The van der Waals surface area contributed by atoms with Gasteiger partial charge in [-0.3, -0.25) is 0 Å². The van der Waals surface area contributed by atoms with Gasteiger partial charge in [0.15, 0.2) is 5.11 Å². The Balaban J connectivity index is 2.71. The lowest BCUT2D eigenvalue weighted by atomic mass is 10.3. The molecule has 1 rings (SSSR count). The average Bonchev–Trinajstić information content (AvgIpc) is 2.17. The summed E-state index contributed by atoms with van der Waals surface area (Å²) in [6.07, 6.45) is 0. The van der Waals surface area contributed by atoms with Crippen LogP contribution in [0.5, 0.6) is 5.75 Å². The lowest BCUT2D eigenvalue weighted by Crippen LogP contribution is -2.40. The van der Waals surface area contributed by atoms with E-state index >= 15 is 0 Å². The maximum Gasteiger partial charge on any atom is 0.173 e. The van der Waals surface area contributed by atoms with E-state index in [2.05, 4.69) is 5.32 Å². The standard InChI is InChI=1S/C11H16N2OS/c1-8(2)12-11(15)13(3)9-4-6-10(14)7-5-9/h4-8,14H,1-3H3,(H,12,15). The average molecular weight is 224 g/mol. The van der Waals surface area contributed by atoms with Gasteiger partial charge in [-0.25, -0.2) is 0 Å². The molecule has 0 amide bonds. The smallest absolute Gasteiger partial charge is 0.173 e. The molecule has 0 saturated carbocycles. The number of phenolic OH excluding ortho intramolecular Hbond substituents is 1. The highest BCUT2D eigenvalue weighted by molar-refractivity contribution is 7.80. The number of hydrogen-bond donors (Lipinski definition) is 2. The minimum absolute atomic E-state index is 0.259. The van der Waals surface area contributed by atoms with E-state index in [1.54, 1.807) is 12.1 Å². The summed E-state index contributed by atoms with van der Waals surface area (Å²) < 4.78 is 0. The summed E-state index contributed by atoms with van der Waals surface area (Å²) in [4.78, 5) is 1.87. The first-order valence-corrected chi connectivity index (χ1v) is 5.25. The monoisotopic (exact) mass is 224 g/mol. The number of benzene rings is 1. The topological polar surface area (TPSA) is 35.5 Å². The van der Waals surface area contributed by atoms with Gasteiger partial charge in [-0.15, -0.1) is 0 Å². The quantitative estimate of drug-likeness (QED) is 0.754. The first-order chi connectivity index (χ1) is 7.00. The SMILES string of the molecule is CC(C)NC(=S)N(C)c1ccc(O)cc1. The molecule has 0 aliphatic rings. The molecule has 2 N–H and O–H groups in total. The molecule has 1 aromatic carbocycles. The molecular weight excluding hydrogens is 208 g/mol. The third-order valence-electron chi connectivity index (χ3n) is 1.95. The Morgan fingerprint density at radius 3 is 2.33 bits per heavy atom. The molecule has 0 atom stereocenters. The fraction of sp³-hybridized carbons (Fsp3) is 0.364. The van der Waals surface area contributed by atoms with E-state index in [1.807, 2.05) is 37.9 Å². The minimum Gasteiger partial charge on any atom is -0.508 e. The number of thiocarbonyl (C=S) groups is 1. The highest BCUT2D eigenvalue weighted by Gasteiger charge is 2.07. The maximum atomic E-state index is 9.16. The van der Waals surface area contributed by atoms with Crippen LogP contribution in [-0.4, -0.2) is 23.3 Å². The molecule has 0 radical (unpaired) electrons. The second-order valence-corrected chi connectivity index (χ2v) is 4.07. The highest BCUT2D eigenvalue weighted by atomic mass is 32.1. The fourth-order valence-corrected chi connectivity index (χ4v) is 1.48. The van der Waals surface area contributed by atoms with Gasteiger partial charge < -0.3 is 15.3 Å². The first kappa shape index (κ1) is 11.8. The van der Waals surface area contributed by atoms with E-state index in [1.165, 1.54) is 0 Å². The molecule has 0 spiro atoms. The van der Waals surface area contributed by atoms with E-state index in [0.29, 0.717) is 11.2 Å². The zero-order valence-corrected chi connectivity index (χ0v) is 10.0. The molecule has 82 valence electrons. The molecule has 3 nitrogen and oxygen atoms in total. The van der Waals surface area contributed by atoms with Gasteiger partial charge in [0, 0.05) is 18.8 Å². The number of nitrogens with zero attached hydrogens (tertiary/aromatic N) is 1. The van der Waals surface area contributed by atoms with Crippen molar-refractivity contribution in [3.05, 3.63) is 24.3 Å². The molecule has 0 heterocycles. The van der Waals surface area contributed by atoms with Crippen LogP contribution in [0.15, 0.2) is 24.3 Å². The van der Waals surface area contributed by atoms with Crippen molar-refractivity contribution in [1.82, 2.24) is 5.32 Å². The summed E-state index contributed by atoms with van der Waals surface area (Å²) in [5.74, 6) is 0.259. The zero-order chi connectivity index (χ0) is 11.4. The maximum absolute atomic E-state index is 9.16. The second-order valence-electron chi connectivity index (χ2n) is 3.68. The van der Waals surface area contributed by atoms with Gasteiger partial charge in [0.05, 0.1) is 0 Å². The Morgan fingerprint density at radius 1 is 1.33 bits per heavy atom. The van der Waals surface area contributed by atoms with Gasteiger partial charge >= 0.3 is 0 Å². The molecule has 0 fully saturated rings. The summed E-state index contributed by atoms with van der Waals surface area (Å²) in [5, 5.41) is 13.0. The van der Waals surface area contributed by atoms with Crippen molar-refractivity contribution in [3.8, 4) is 5.75 Å². The number of hydrogen-bond acceptors (Lipinski definition) is 2. The molecule has 4 heteroatoms. The van der Waals surface area contributed by atoms with Crippen molar-refractivity contribution in [2.45, 2.75) is 19.9 Å². The van der Waals surface area contributed by atoms with E-state index < -0.39 is 0 Å². The molecule has 0 bridgehead atoms. The Labute approximate surface area is 95.7 Å². The van der Waals surface area contributed by atoms with Crippen LogP contribution in [0.2, 0.25) is 0 Å². The van der Waals surface area contributed by atoms with Gasteiger partial charge in [-0.1, -0.05) is 0 Å². The van der Waals surface area contributed by atoms with Crippen LogP contribution in [0.1, 0.15) is 13.8 Å². The molecule has 0 aromatic heterocycles. The third kappa shape index (κ3) is 3.40. The summed E-state index contributed by atoms with van der Waals surface area (Å²) in [6.45, 7) is 4.08. The Morgan fingerprint density at radius 2 is 1.87 bits per heavy atom. The van der Waals surface area contributed by atoms with E-state index in [4.69, 9.17) is 17.3 Å². The van der Waals surface area contributed by atoms with Crippen LogP contribution < -0.4 is 10.2 Å². The fourth-order valence-electron chi connectivity index (χ4n) is 1.14. The highest BCUT2D eigenvalue weighted by Crippen LogP contribution is 2.17. The van der Waals surface area contributed by atoms with Gasteiger partial charge in [0.1, 0.15) is 5.75 Å². The zero-order valence-electron chi connectivity index (χ0n) is 9.19. The predicted molar refractivity (Wildman–Crippen MR) is 67.4 cm³/mol. The van der Waals surface area contributed by atoms with Crippen LogP contribution in [0.4, 0.5) is 5.69 Å². The van der Waals surface area contributed by atoms with Crippen molar-refractivity contribution in [2.75, 3.05) is 11.9 Å². The van der Waals surface area contributed by atoms with Crippen molar-refractivity contribution in [1.29, 1.82) is 0 Å². The summed E-state index contributed by atoms with van der Waals surface area (Å²) in [5.41, 5.74) is 0.950. The number of rotatable bonds is 2. The number of phenols is 1. The molecule has 15 heavy (non-hydrogen) atoms. The lowest BCUT2D eigenvalue weighted by molar-refractivity contribution is 0.475. The molecule has 0 aliphatic heterocycles. The van der Waals surface area contributed by atoms with Crippen LogP contribution in [0.25, 0.3) is 0 Å². The van der Waals surface area contributed by atoms with Crippen LogP contribution >= 0.6 is 12.2 Å². The minimum atomic E-state index is 0.259. The molecule has 1 aromatic rings. The van der Waals surface area contributed by atoms with Gasteiger partial charge in [-0.05, 0) is 50.3 Å². The van der Waals surface area contributed by atoms with Gasteiger partial charge in [-0.2, -0.15) is 0 Å². The number of anilines is 1. The number of nitrogens with one attached hydrogen (secondary N) is 1. The third-order valence-corrected chi connectivity index (χ3v) is 2.35. The summed E-state index contributed by atoms with van der Waals surface area (Å²) in [7, 11) is 1.89. The van der Waals surface area contributed by atoms with E-state index in [9.17, 15) is 0 Å². The molecule has 0 unspecified atom stereocenters. The van der Waals surface area contributed by atoms with Crippen molar-refractivity contribution < 1.29 is 5.11 Å². The summed E-state index contributed by atoms with van der Waals surface area (Å²) >= 11 is 5.22. The van der Waals surface area contributed by atoms with Crippen molar-refractivity contribution in [2.24, 2.45) is 0 Å². The van der Waals surface area contributed by atoms with Crippen LogP contribution in [0, 0.1) is 0 Å². The van der Waals surface area contributed by atoms with Crippen molar-refractivity contribution in [3.63, 3.8) is 0 Å². The van der Waals surface area contributed by atoms with Crippen molar-refractivity contribution >= 4 is 23.0 Å². The first-order valence-electron chi connectivity index (χ1n) is 4.84. The number of aromatic hydroxyl groups is 1. The normalized spacial score (nSPS) is 10.1. The van der Waals surface area contributed by atoms with E-state index in [-0.39, 0.29) is 5.75 Å².